The molecule has 0 aromatic carbocycles. The van der Waals surface area contributed by atoms with E-state index in [4.69, 9.17) is 5.53 Å². The van der Waals surface area contributed by atoms with Crippen LogP contribution in [0.1, 0.15) is 17.7 Å². The summed E-state index contributed by atoms with van der Waals surface area (Å²) >= 11 is 0. The van der Waals surface area contributed by atoms with E-state index in [-0.39, 0.29) is 11.5 Å². The van der Waals surface area contributed by atoms with Crippen molar-refractivity contribution in [1.29, 1.82) is 0 Å². The number of rotatable bonds is 1. The number of aliphatic hydroxyl groups excluding tert-OH is 1. The molecule has 0 saturated carbocycles. The maximum absolute atomic E-state index is 11.7. The number of aliphatic hydroxyl groups is 1. The third kappa shape index (κ3) is 1.92. The van der Waals surface area contributed by atoms with Crippen LogP contribution in [0.3, 0.4) is 0 Å². The molecule has 20 heavy (non-hydrogen) atoms. The molecule has 1 aromatic rings. The van der Waals surface area contributed by atoms with Crippen molar-refractivity contribution >= 4 is 15.7 Å². The van der Waals surface area contributed by atoms with E-state index in [1.165, 1.54) is 0 Å². The van der Waals surface area contributed by atoms with Crippen LogP contribution in [0.15, 0.2) is 5.11 Å². The molecule has 0 aliphatic carbocycles. The van der Waals surface area contributed by atoms with E-state index >= 15 is 0 Å². The van der Waals surface area contributed by atoms with Gasteiger partial charge in [0.2, 0.25) is 0 Å². The standard InChI is InChI=1S/C10H14N6O3S/c1-15-9-6-4-20(18,19)5-8(6)13-16(9)3-2-7(10(15)17)12-14-11/h7,10,17H,2-5H2,1H3. The zero-order chi connectivity index (χ0) is 14.5. The smallest absolute Gasteiger partial charge is 0.160 e. The Balaban J connectivity index is 2.05. The normalized spacial score (nSPS) is 27.4. The van der Waals surface area contributed by atoms with E-state index in [9.17, 15) is 13.5 Å². The van der Waals surface area contributed by atoms with Gasteiger partial charge < -0.3 is 10.0 Å². The first kappa shape index (κ1) is 13.2. The molecule has 108 valence electrons. The second kappa shape index (κ2) is 4.37. The van der Waals surface area contributed by atoms with Crippen LogP contribution < -0.4 is 4.90 Å². The highest BCUT2D eigenvalue weighted by atomic mass is 32.2. The second-order valence-electron chi connectivity index (χ2n) is 5.09. The summed E-state index contributed by atoms with van der Waals surface area (Å²) in [5, 5.41) is 18.2. The first-order valence-corrected chi connectivity index (χ1v) is 7.99. The Hall–Kier alpha value is -1.77. The van der Waals surface area contributed by atoms with Gasteiger partial charge in [0.15, 0.2) is 9.84 Å². The lowest BCUT2D eigenvalue weighted by Gasteiger charge is -2.27. The molecule has 0 saturated heterocycles. The Morgan fingerprint density at radius 3 is 2.95 bits per heavy atom. The van der Waals surface area contributed by atoms with Crippen LogP contribution in [0.5, 0.6) is 0 Å². The van der Waals surface area contributed by atoms with Gasteiger partial charge >= 0.3 is 0 Å². The van der Waals surface area contributed by atoms with Gasteiger partial charge in [0.25, 0.3) is 0 Å². The van der Waals surface area contributed by atoms with E-state index in [0.29, 0.717) is 30.0 Å². The number of nitrogens with zero attached hydrogens (tertiary/aromatic N) is 6. The molecule has 10 heteroatoms. The van der Waals surface area contributed by atoms with Gasteiger partial charge in [0.05, 0.1) is 23.2 Å². The average Bonchev–Trinajstić information content (AvgIpc) is 2.80. The Morgan fingerprint density at radius 2 is 2.25 bits per heavy atom. The zero-order valence-corrected chi connectivity index (χ0v) is 11.7. The van der Waals surface area contributed by atoms with E-state index in [0.717, 1.165) is 0 Å². The summed E-state index contributed by atoms with van der Waals surface area (Å²) in [4.78, 5) is 4.28. The molecule has 3 heterocycles. The van der Waals surface area contributed by atoms with Gasteiger partial charge in [-0.25, -0.2) is 13.1 Å². The van der Waals surface area contributed by atoms with E-state index in [2.05, 4.69) is 15.1 Å². The fourth-order valence-corrected chi connectivity index (χ4v) is 4.29. The summed E-state index contributed by atoms with van der Waals surface area (Å²) < 4.78 is 25.0. The molecule has 9 nitrogen and oxygen atoms in total. The third-order valence-electron chi connectivity index (χ3n) is 3.74. The van der Waals surface area contributed by atoms with Gasteiger partial charge in [0.1, 0.15) is 12.0 Å². The number of likely N-dealkylation sites (N-methyl/N-ethyl adjacent to an activating group) is 1. The zero-order valence-electron chi connectivity index (χ0n) is 10.8. The lowest BCUT2D eigenvalue weighted by atomic mass is 10.2. The summed E-state index contributed by atoms with van der Waals surface area (Å²) in [7, 11) is -1.49. The Bertz CT molecular complexity index is 705. The van der Waals surface area contributed by atoms with Crippen molar-refractivity contribution in [2.45, 2.75) is 36.7 Å². The predicted molar refractivity (Wildman–Crippen MR) is 70.5 cm³/mol. The van der Waals surface area contributed by atoms with Crippen LogP contribution in [-0.2, 0) is 27.9 Å². The number of hydrogen-bond donors (Lipinski definition) is 1. The van der Waals surface area contributed by atoms with Crippen molar-refractivity contribution in [3.63, 3.8) is 0 Å². The minimum atomic E-state index is -3.14. The van der Waals surface area contributed by atoms with Crippen molar-refractivity contribution < 1.29 is 13.5 Å². The van der Waals surface area contributed by atoms with Crippen molar-refractivity contribution in [2.24, 2.45) is 5.11 Å². The number of sulfone groups is 1. The number of hydrogen-bond acceptors (Lipinski definition) is 6. The maximum Gasteiger partial charge on any atom is 0.160 e. The molecule has 2 atom stereocenters. The second-order valence-corrected chi connectivity index (χ2v) is 7.15. The maximum atomic E-state index is 11.7. The fourth-order valence-electron chi connectivity index (χ4n) is 2.80. The summed E-state index contributed by atoms with van der Waals surface area (Å²) in [6, 6.07) is -0.583. The summed E-state index contributed by atoms with van der Waals surface area (Å²) in [6.45, 7) is 0.480. The lowest BCUT2D eigenvalue weighted by molar-refractivity contribution is 0.143. The summed E-state index contributed by atoms with van der Waals surface area (Å²) in [5.74, 6) is 0.497. The number of fused-ring (bicyclic) bond motifs is 3. The van der Waals surface area contributed by atoms with Crippen molar-refractivity contribution in [3.8, 4) is 0 Å². The third-order valence-corrected chi connectivity index (χ3v) is 5.18. The summed E-state index contributed by atoms with van der Waals surface area (Å²) in [6.07, 6.45) is -0.535. The molecule has 0 spiro atoms. The van der Waals surface area contributed by atoms with Gasteiger partial charge in [0, 0.05) is 24.1 Å². The van der Waals surface area contributed by atoms with Crippen molar-refractivity contribution in [2.75, 3.05) is 11.9 Å². The van der Waals surface area contributed by atoms with Crippen molar-refractivity contribution in [1.82, 2.24) is 9.78 Å². The largest absolute Gasteiger partial charge is 0.373 e. The monoisotopic (exact) mass is 298 g/mol. The number of azide groups is 1. The first-order chi connectivity index (χ1) is 9.43. The van der Waals surface area contributed by atoms with Gasteiger partial charge in [-0.1, -0.05) is 5.11 Å². The molecule has 2 aliphatic rings. The molecule has 2 aliphatic heterocycles. The highest BCUT2D eigenvalue weighted by molar-refractivity contribution is 7.90. The molecule has 0 bridgehead atoms. The van der Waals surface area contributed by atoms with Gasteiger partial charge in [-0.05, 0) is 12.0 Å². The lowest BCUT2D eigenvalue weighted by Crippen LogP contribution is -2.39. The van der Waals surface area contributed by atoms with Crippen molar-refractivity contribution in [3.05, 3.63) is 21.7 Å². The predicted octanol–water partition coefficient (Wildman–Crippen LogP) is 0.149. The molecule has 3 rings (SSSR count). The SMILES string of the molecule is CN1c2c3c(nn2CCC(N=[N+]=[N-])C1O)CS(=O)(=O)C3. The molecular formula is C10H14N6O3S. The molecule has 1 N–H and O–H groups in total. The molecule has 0 radical (unpaired) electrons. The van der Waals surface area contributed by atoms with E-state index in [1.807, 2.05) is 0 Å². The van der Waals surface area contributed by atoms with E-state index in [1.54, 1.807) is 16.6 Å². The summed E-state index contributed by atoms with van der Waals surface area (Å²) in [5.41, 5.74) is 9.74. The Morgan fingerprint density at radius 1 is 1.50 bits per heavy atom. The number of anilines is 1. The molecular weight excluding hydrogens is 284 g/mol. The van der Waals surface area contributed by atoms with Crippen LogP contribution >= 0.6 is 0 Å². The van der Waals surface area contributed by atoms with Gasteiger partial charge in [-0.2, -0.15) is 5.10 Å². The van der Waals surface area contributed by atoms with Crippen LogP contribution in [0.2, 0.25) is 0 Å². The number of aromatic nitrogens is 2. The van der Waals surface area contributed by atoms with E-state index < -0.39 is 22.1 Å². The molecule has 2 unspecified atom stereocenters. The Kier molecular flexibility index (Phi) is 2.89. The molecule has 0 fully saturated rings. The van der Waals surface area contributed by atoms with Gasteiger partial charge in [-0.15, -0.1) is 0 Å². The quantitative estimate of drug-likeness (QED) is 0.449. The Labute approximate surface area is 115 Å². The minimum Gasteiger partial charge on any atom is -0.373 e. The minimum absolute atomic E-state index is 0.0496. The highest BCUT2D eigenvalue weighted by Crippen LogP contribution is 2.35. The van der Waals surface area contributed by atoms with Crippen LogP contribution in [0.25, 0.3) is 10.4 Å². The molecule has 1 aromatic heterocycles. The topological polar surface area (TPSA) is 124 Å². The average molecular weight is 298 g/mol. The van der Waals surface area contributed by atoms with Gasteiger partial charge in [-0.3, -0.25) is 0 Å². The highest BCUT2D eigenvalue weighted by Gasteiger charge is 2.37. The first-order valence-electron chi connectivity index (χ1n) is 6.17. The van der Waals surface area contributed by atoms with Crippen LogP contribution in [0, 0.1) is 0 Å². The van der Waals surface area contributed by atoms with Crippen LogP contribution in [-0.4, -0.2) is 42.6 Å². The fraction of sp³-hybridized carbons (Fsp3) is 0.700. The van der Waals surface area contributed by atoms with Crippen LogP contribution in [0.4, 0.5) is 5.82 Å². The molecule has 0 amide bonds. The number of aryl methyl sites for hydroxylation is 1.